The second-order valence-corrected chi connectivity index (χ2v) is 6.07. The van der Waals surface area contributed by atoms with Crippen molar-refractivity contribution in [2.75, 3.05) is 7.05 Å². The van der Waals surface area contributed by atoms with Crippen LogP contribution in [0.25, 0.3) is 0 Å². The van der Waals surface area contributed by atoms with E-state index < -0.39 is 0 Å². The average Bonchev–Trinajstić information content (AvgIpc) is 2.47. The zero-order valence-electron chi connectivity index (χ0n) is 11.1. The highest BCUT2D eigenvalue weighted by Crippen LogP contribution is 2.41. The fourth-order valence-corrected chi connectivity index (χ4v) is 3.40. The Bertz CT molecular complexity index is 562. The highest BCUT2D eigenvalue weighted by Gasteiger charge is 2.26. The lowest BCUT2D eigenvalue weighted by atomic mass is 9.77. The van der Waals surface area contributed by atoms with Gasteiger partial charge in [-0.1, -0.05) is 52.3 Å². The summed E-state index contributed by atoms with van der Waals surface area (Å²) < 4.78 is 1.15. The first-order chi connectivity index (χ1) is 9.29. The fourth-order valence-electron chi connectivity index (χ4n) is 3.13. The first-order valence-electron chi connectivity index (χ1n) is 6.81. The van der Waals surface area contributed by atoms with Gasteiger partial charge in [0.05, 0.1) is 0 Å². The maximum Gasteiger partial charge on any atom is 0.0320 e. The van der Waals surface area contributed by atoms with E-state index in [0.29, 0.717) is 12.0 Å². The van der Waals surface area contributed by atoms with Crippen LogP contribution in [0.1, 0.15) is 41.5 Å². The van der Waals surface area contributed by atoms with Gasteiger partial charge in [0.1, 0.15) is 0 Å². The van der Waals surface area contributed by atoms with Crippen LogP contribution < -0.4 is 5.32 Å². The van der Waals surface area contributed by atoms with Crippen molar-refractivity contribution in [3.8, 4) is 0 Å². The summed E-state index contributed by atoms with van der Waals surface area (Å²) in [5.74, 6) is 0.536. The molecule has 0 saturated carbocycles. The first kappa shape index (κ1) is 12.9. The van der Waals surface area contributed by atoms with Crippen LogP contribution >= 0.6 is 15.9 Å². The molecule has 1 N–H and O–H groups in total. The third-order valence-electron chi connectivity index (χ3n) is 4.11. The number of halogens is 1. The minimum atomic E-state index is 0.503. The van der Waals surface area contributed by atoms with E-state index in [2.05, 4.69) is 76.8 Å². The third kappa shape index (κ3) is 2.47. The molecule has 1 aliphatic carbocycles. The predicted octanol–water partition coefficient (Wildman–Crippen LogP) is 4.64. The molecule has 2 aromatic rings. The molecule has 0 radical (unpaired) electrons. The van der Waals surface area contributed by atoms with Gasteiger partial charge in [-0.25, -0.2) is 0 Å². The molecule has 0 fully saturated rings. The van der Waals surface area contributed by atoms with Crippen LogP contribution in [0.2, 0.25) is 0 Å². The molecule has 0 aromatic heterocycles. The number of benzene rings is 2. The summed E-state index contributed by atoms with van der Waals surface area (Å²) in [6.07, 6.45) is 2.42. The molecule has 0 unspecified atom stereocenters. The van der Waals surface area contributed by atoms with Gasteiger partial charge in [-0.05, 0) is 48.7 Å². The van der Waals surface area contributed by atoms with Gasteiger partial charge in [-0.3, -0.25) is 0 Å². The molecule has 0 heterocycles. The summed E-state index contributed by atoms with van der Waals surface area (Å²) in [5.41, 5.74) is 4.37. The molecular formula is C17H18BrN. The molecule has 0 spiro atoms. The van der Waals surface area contributed by atoms with E-state index in [0.717, 1.165) is 4.47 Å². The average molecular weight is 316 g/mol. The van der Waals surface area contributed by atoms with Crippen molar-refractivity contribution < 1.29 is 0 Å². The van der Waals surface area contributed by atoms with Crippen LogP contribution in [0.4, 0.5) is 0 Å². The maximum atomic E-state index is 3.51. The summed E-state index contributed by atoms with van der Waals surface area (Å²) in [7, 11) is 2.06. The lowest BCUT2D eigenvalue weighted by Gasteiger charge is -2.31. The Kier molecular flexibility index (Phi) is 3.72. The highest BCUT2D eigenvalue weighted by atomic mass is 79.9. The monoisotopic (exact) mass is 315 g/mol. The second kappa shape index (κ2) is 5.48. The minimum Gasteiger partial charge on any atom is -0.313 e. The van der Waals surface area contributed by atoms with Crippen molar-refractivity contribution in [2.24, 2.45) is 0 Å². The largest absolute Gasteiger partial charge is 0.313 e. The quantitative estimate of drug-likeness (QED) is 0.851. The summed E-state index contributed by atoms with van der Waals surface area (Å²) in [5, 5.41) is 3.43. The molecule has 0 bridgehead atoms. The Labute approximate surface area is 123 Å². The van der Waals surface area contributed by atoms with Crippen molar-refractivity contribution >= 4 is 15.9 Å². The topological polar surface area (TPSA) is 12.0 Å². The Hall–Kier alpha value is -1.12. The first-order valence-corrected chi connectivity index (χ1v) is 7.60. The molecule has 2 heteroatoms. The molecule has 1 nitrogen and oxygen atoms in total. The molecule has 2 aromatic carbocycles. The maximum absolute atomic E-state index is 3.51. The van der Waals surface area contributed by atoms with Crippen LogP contribution in [0.5, 0.6) is 0 Å². The predicted molar refractivity (Wildman–Crippen MR) is 83.5 cm³/mol. The number of fused-ring (bicyclic) bond motifs is 1. The Balaban J connectivity index is 2.02. The van der Waals surface area contributed by atoms with Gasteiger partial charge >= 0.3 is 0 Å². The molecule has 19 heavy (non-hydrogen) atoms. The van der Waals surface area contributed by atoms with Crippen molar-refractivity contribution in [1.82, 2.24) is 5.32 Å². The van der Waals surface area contributed by atoms with E-state index in [1.165, 1.54) is 29.5 Å². The van der Waals surface area contributed by atoms with Crippen LogP contribution in [0, 0.1) is 0 Å². The molecule has 0 aliphatic heterocycles. The van der Waals surface area contributed by atoms with Crippen LogP contribution in [-0.2, 0) is 0 Å². The Morgan fingerprint density at radius 1 is 0.947 bits per heavy atom. The Morgan fingerprint density at radius 3 is 2.32 bits per heavy atom. The van der Waals surface area contributed by atoms with Gasteiger partial charge < -0.3 is 5.32 Å². The van der Waals surface area contributed by atoms with E-state index in [9.17, 15) is 0 Å². The van der Waals surface area contributed by atoms with Crippen LogP contribution in [-0.4, -0.2) is 7.05 Å². The van der Waals surface area contributed by atoms with Crippen molar-refractivity contribution in [3.63, 3.8) is 0 Å². The SMILES string of the molecule is CN[C@H]1CC[C@H](c2ccc(Br)cc2)c2ccccc21. The summed E-state index contributed by atoms with van der Waals surface area (Å²) in [6.45, 7) is 0. The van der Waals surface area contributed by atoms with Crippen molar-refractivity contribution in [3.05, 3.63) is 69.7 Å². The molecule has 1 aliphatic rings. The zero-order chi connectivity index (χ0) is 13.2. The van der Waals surface area contributed by atoms with Crippen molar-refractivity contribution in [2.45, 2.75) is 24.8 Å². The third-order valence-corrected chi connectivity index (χ3v) is 4.64. The van der Waals surface area contributed by atoms with E-state index >= 15 is 0 Å². The molecule has 0 amide bonds. The molecular weight excluding hydrogens is 298 g/mol. The van der Waals surface area contributed by atoms with E-state index in [1.54, 1.807) is 0 Å². The smallest absolute Gasteiger partial charge is 0.0320 e. The van der Waals surface area contributed by atoms with E-state index in [1.807, 2.05) is 0 Å². The van der Waals surface area contributed by atoms with Crippen molar-refractivity contribution in [1.29, 1.82) is 0 Å². The van der Waals surface area contributed by atoms with Gasteiger partial charge in [0.15, 0.2) is 0 Å². The van der Waals surface area contributed by atoms with Gasteiger partial charge in [0.25, 0.3) is 0 Å². The molecule has 2 atom stereocenters. The van der Waals surface area contributed by atoms with Gasteiger partial charge in [-0.15, -0.1) is 0 Å². The lowest BCUT2D eigenvalue weighted by molar-refractivity contribution is 0.471. The molecule has 0 saturated heterocycles. The molecule has 98 valence electrons. The number of hydrogen-bond acceptors (Lipinski definition) is 1. The minimum absolute atomic E-state index is 0.503. The van der Waals surface area contributed by atoms with E-state index in [-0.39, 0.29) is 0 Å². The number of nitrogens with one attached hydrogen (secondary N) is 1. The number of hydrogen-bond donors (Lipinski definition) is 1. The zero-order valence-corrected chi connectivity index (χ0v) is 12.7. The van der Waals surface area contributed by atoms with Gasteiger partial charge in [0, 0.05) is 16.4 Å². The number of rotatable bonds is 2. The van der Waals surface area contributed by atoms with Gasteiger partial charge in [0.2, 0.25) is 0 Å². The highest BCUT2D eigenvalue weighted by molar-refractivity contribution is 9.10. The normalized spacial score (nSPS) is 22.0. The fraction of sp³-hybridized carbons (Fsp3) is 0.294. The van der Waals surface area contributed by atoms with E-state index in [4.69, 9.17) is 0 Å². The standard InChI is InChI=1S/C17H18BrN/c1-19-17-11-10-14(12-6-8-13(18)9-7-12)15-4-2-3-5-16(15)17/h2-9,14,17,19H,10-11H2,1H3/t14-,17+/m1/s1. The van der Waals surface area contributed by atoms with Crippen LogP contribution in [0.3, 0.4) is 0 Å². The lowest BCUT2D eigenvalue weighted by Crippen LogP contribution is -2.24. The van der Waals surface area contributed by atoms with Gasteiger partial charge in [-0.2, -0.15) is 0 Å². The summed E-state index contributed by atoms with van der Waals surface area (Å²) >= 11 is 3.51. The Morgan fingerprint density at radius 2 is 1.63 bits per heavy atom. The molecule has 3 rings (SSSR count). The summed E-state index contributed by atoms with van der Waals surface area (Å²) in [6, 6.07) is 18.1. The van der Waals surface area contributed by atoms with Crippen LogP contribution in [0.15, 0.2) is 53.0 Å². The summed E-state index contributed by atoms with van der Waals surface area (Å²) in [4.78, 5) is 0. The second-order valence-electron chi connectivity index (χ2n) is 5.15.